The normalized spacial score (nSPS) is 11.8. The van der Waals surface area contributed by atoms with Crippen LogP contribution in [0.5, 0.6) is 0 Å². The summed E-state index contributed by atoms with van der Waals surface area (Å²) < 4.78 is 12.7. The van der Waals surface area contributed by atoms with Crippen LogP contribution in [-0.4, -0.2) is 0 Å². The predicted octanol–water partition coefficient (Wildman–Crippen LogP) is 13.3. The van der Waals surface area contributed by atoms with Crippen LogP contribution in [0.25, 0.3) is 99.2 Å². The molecule has 0 aliphatic rings. The zero-order chi connectivity index (χ0) is 31.6. The van der Waals surface area contributed by atoms with Gasteiger partial charge in [-0.25, -0.2) is 0 Å². The monoisotopic (exact) mass is 612 g/mol. The Balaban J connectivity index is 1.22. The lowest BCUT2D eigenvalue weighted by Gasteiger charge is -2.19. The average Bonchev–Trinajstić information content (AvgIpc) is 3.74. The van der Waals surface area contributed by atoms with Gasteiger partial charge < -0.3 is 8.83 Å². The van der Waals surface area contributed by atoms with Crippen molar-refractivity contribution in [3.63, 3.8) is 0 Å². The number of hydrogen-bond acceptors (Lipinski definition) is 2. The van der Waals surface area contributed by atoms with E-state index in [9.17, 15) is 0 Å². The van der Waals surface area contributed by atoms with E-state index < -0.39 is 0 Å². The molecule has 48 heavy (non-hydrogen) atoms. The van der Waals surface area contributed by atoms with Gasteiger partial charge in [0.1, 0.15) is 22.5 Å². The van der Waals surface area contributed by atoms with E-state index in [1.54, 1.807) is 0 Å². The molecular formula is C46H28O2. The average molecular weight is 613 g/mol. The van der Waals surface area contributed by atoms with Crippen molar-refractivity contribution in [2.75, 3.05) is 0 Å². The van der Waals surface area contributed by atoms with Gasteiger partial charge in [0, 0.05) is 27.8 Å². The Morgan fingerprint density at radius 2 is 0.854 bits per heavy atom. The summed E-state index contributed by atoms with van der Waals surface area (Å²) in [5.41, 5.74) is 10.9. The van der Waals surface area contributed by atoms with Crippen molar-refractivity contribution in [1.29, 1.82) is 0 Å². The zero-order valence-corrected chi connectivity index (χ0v) is 26.0. The Bertz CT molecular complexity index is 2760. The molecule has 2 nitrogen and oxygen atoms in total. The zero-order valence-electron chi connectivity index (χ0n) is 26.0. The molecule has 2 aromatic heterocycles. The fraction of sp³-hybridized carbons (Fsp3) is 0. The summed E-state index contributed by atoms with van der Waals surface area (Å²) in [7, 11) is 0. The van der Waals surface area contributed by atoms with Crippen molar-refractivity contribution in [2.45, 2.75) is 0 Å². The Labute approximate surface area is 277 Å². The molecular weight excluding hydrogens is 585 g/mol. The van der Waals surface area contributed by atoms with Gasteiger partial charge in [-0.05, 0) is 79.2 Å². The molecule has 0 amide bonds. The molecule has 2 heteroatoms. The van der Waals surface area contributed by atoms with E-state index >= 15 is 0 Å². The van der Waals surface area contributed by atoms with Gasteiger partial charge in [-0.2, -0.15) is 0 Å². The van der Waals surface area contributed by atoms with Gasteiger partial charge in [0.05, 0.1) is 0 Å². The molecule has 10 aromatic rings. The van der Waals surface area contributed by atoms with Crippen molar-refractivity contribution in [3.8, 4) is 44.7 Å². The van der Waals surface area contributed by atoms with E-state index in [1.807, 2.05) is 24.3 Å². The van der Waals surface area contributed by atoms with Gasteiger partial charge in [0.15, 0.2) is 0 Å². The van der Waals surface area contributed by atoms with Crippen LogP contribution in [-0.2, 0) is 0 Å². The quantitative estimate of drug-likeness (QED) is 0.185. The number of fused-ring (bicyclic) bond motifs is 6. The molecule has 0 fully saturated rings. The van der Waals surface area contributed by atoms with Crippen LogP contribution in [0.2, 0.25) is 0 Å². The molecule has 0 bridgehead atoms. The highest BCUT2D eigenvalue weighted by atomic mass is 16.3. The van der Waals surface area contributed by atoms with Crippen LogP contribution in [0.1, 0.15) is 0 Å². The third kappa shape index (κ3) is 4.13. The molecule has 0 N–H and O–H groups in total. The molecule has 8 aromatic carbocycles. The van der Waals surface area contributed by atoms with E-state index in [2.05, 4.69) is 146 Å². The molecule has 0 atom stereocenters. The summed E-state index contributed by atoms with van der Waals surface area (Å²) in [5.74, 6) is 0.857. The minimum absolute atomic E-state index is 0.823. The van der Waals surface area contributed by atoms with Gasteiger partial charge in [0.25, 0.3) is 0 Å². The summed E-state index contributed by atoms with van der Waals surface area (Å²) in [6.45, 7) is 0. The lowest BCUT2D eigenvalue weighted by molar-refractivity contribution is 0.628. The van der Waals surface area contributed by atoms with Crippen LogP contribution in [0.3, 0.4) is 0 Å². The van der Waals surface area contributed by atoms with Gasteiger partial charge in [-0.1, -0.05) is 140 Å². The van der Waals surface area contributed by atoms with E-state index in [1.165, 1.54) is 49.4 Å². The van der Waals surface area contributed by atoms with Gasteiger partial charge in [0.2, 0.25) is 0 Å². The minimum atomic E-state index is 0.823. The first-order chi connectivity index (χ1) is 23.8. The van der Waals surface area contributed by atoms with E-state index in [0.717, 1.165) is 49.8 Å². The molecule has 2 heterocycles. The highest BCUT2D eigenvalue weighted by molar-refractivity contribution is 6.23. The lowest BCUT2D eigenvalue weighted by Crippen LogP contribution is -1.92. The van der Waals surface area contributed by atoms with Gasteiger partial charge >= 0.3 is 0 Å². The van der Waals surface area contributed by atoms with Crippen LogP contribution >= 0.6 is 0 Å². The van der Waals surface area contributed by atoms with Gasteiger partial charge in [-0.3, -0.25) is 0 Å². The maximum Gasteiger partial charge on any atom is 0.139 e. The van der Waals surface area contributed by atoms with Crippen molar-refractivity contribution in [1.82, 2.24) is 0 Å². The standard InChI is InChI=1S/C46H28O2/c1-3-13-29(14-4-1)33-17-7-8-18-34(33)46-37-21-11-9-19-35(37)45(36-20-10-12-22-38(36)46)31-23-24-41-39(25-31)40-26-32-27-42(30-15-5-2-6-16-30)48-43(32)28-44(40)47-41/h1-28H. The second-order valence-electron chi connectivity index (χ2n) is 12.4. The summed E-state index contributed by atoms with van der Waals surface area (Å²) in [6.07, 6.45) is 0. The summed E-state index contributed by atoms with van der Waals surface area (Å²) in [4.78, 5) is 0. The SMILES string of the molecule is c1ccc(-c2cc3cc4c(cc3o2)oc2ccc(-c3c5ccccc5c(-c5ccccc5-c5ccccc5)c5ccccc35)cc24)cc1. The molecule has 0 aliphatic heterocycles. The molecule has 10 rings (SSSR count). The molecule has 0 saturated heterocycles. The van der Waals surface area contributed by atoms with Crippen LogP contribution in [0.4, 0.5) is 0 Å². The van der Waals surface area contributed by atoms with E-state index in [-0.39, 0.29) is 0 Å². The summed E-state index contributed by atoms with van der Waals surface area (Å²) in [6, 6.07) is 60.4. The van der Waals surface area contributed by atoms with E-state index in [0.29, 0.717) is 0 Å². The Morgan fingerprint density at radius 3 is 1.54 bits per heavy atom. The van der Waals surface area contributed by atoms with E-state index in [4.69, 9.17) is 8.83 Å². The molecule has 0 spiro atoms. The topological polar surface area (TPSA) is 26.3 Å². The van der Waals surface area contributed by atoms with Crippen LogP contribution < -0.4 is 0 Å². The number of benzene rings is 8. The van der Waals surface area contributed by atoms with Crippen LogP contribution in [0.15, 0.2) is 179 Å². The summed E-state index contributed by atoms with van der Waals surface area (Å²) >= 11 is 0. The summed E-state index contributed by atoms with van der Waals surface area (Å²) in [5, 5.41) is 8.17. The van der Waals surface area contributed by atoms with Crippen molar-refractivity contribution in [2.24, 2.45) is 0 Å². The fourth-order valence-electron chi connectivity index (χ4n) is 7.51. The number of hydrogen-bond donors (Lipinski definition) is 0. The molecule has 0 unspecified atom stereocenters. The molecule has 0 saturated carbocycles. The maximum atomic E-state index is 6.41. The highest BCUT2D eigenvalue weighted by Gasteiger charge is 2.20. The van der Waals surface area contributed by atoms with Crippen molar-refractivity contribution >= 4 is 54.5 Å². The Hall–Kier alpha value is -6.38. The van der Waals surface area contributed by atoms with Crippen molar-refractivity contribution < 1.29 is 8.83 Å². The molecule has 0 aliphatic carbocycles. The second kappa shape index (κ2) is 10.6. The third-order valence-corrected chi connectivity index (χ3v) is 9.67. The highest BCUT2D eigenvalue weighted by Crippen LogP contribution is 2.47. The van der Waals surface area contributed by atoms with Gasteiger partial charge in [-0.15, -0.1) is 0 Å². The fourth-order valence-corrected chi connectivity index (χ4v) is 7.51. The smallest absolute Gasteiger partial charge is 0.139 e. The first-order valence-electron chi connectivity index (χ1n) is 16.3. The Morgan fingerprint density at radius 1 is 0.292 bits per heavy atom. The molecule has 224 valence electrons. The number of furan rings is 2. The lowest BCUT2D eigenvalue weighted by atomic mass is 9.83. The minimum Gasteiger partial charge on any atom is -0.456 e. The largest absolute Gasteiger partial charge is 0.456 e. The third-order valence-electron chi connectivity index (χ3n) is 9.67. The van der Waals surface area contributed by atoms with Crippen LogP contribution in [0, 0.1) is 0 Å². The molecule has 0 radical (unpaired) electrons. The first kappa shape index (κ1) is 26.8. The Kier molecular flexibility index (Phi) is 5.91. The second-order valence-corrected chi connectivity index (χ2v) is 12.4. The predicted molar refractivity (Wildman–Crippen MR) is 200 cm³/mol. The van der Waals surface area contributed by atoms with Crippen molar-refractivity contribution in [3.05, 3.63) is 170 Å². The maximum absolute atomic E-state index is 6.41. The first-order valence-corrected chi connectivity index (χ1v) is 16.3. The number of rotatable bonds is 4.